The van der Waals surface area contributed by atoms with Gasteiger partial charge in [0.25, 0.3) is 0 Å². The highest BCUT2D eigenvalue weighted by Crippen LogP contribution is 2.46. The largest absolute Gasteiger partial charge is 0.460 e. The highest BCUT2D eigenvalue weighted by atomic mass is 32.1. The first-order chi connectivity index (χ1) is 17.2. The number of rotatable bonds is 5. The zero-order valence-corrected chi connectivity index (χ0v) is 21.8. The van der Waals surface area contributed by atoms with Crippen LogP contribution in [0.4, 0.5) is 29.2 Å². The molecule has 1 aliphatic rings. The third-order valence-corrected chi connectivity index (χ3v) is 7.20. The van der Waals surface area contributed by atoms with Crippen molar-refractivity contribution in [3.8, 4) is 10.4 Å². The van der Waals surface area contributed by atoms with Crippen LogP contribution in [0.15, 0.2) is 36.7 Å². The molecule has 0 spiro atoms. The summed E-state index contributed by atoms with van der Waals surface area (Å²) in [6, 6.07) is 6.18. The molecule has 0 atom stereocenters. The molecule has 0 saturated heterocycles. The number of aryl methyl sites for hydroxylation is 1. The summed E-state index contributed by atoms with van der Waals surface area (Å²) in [5.74, 6) is -0.800. The van der Waals surface area contributed by atoms with Crippen molar-refractivity contribution >= 4 is 28.9 Å². The number of nitrogens with one attached hydrogen (secondary N) is 1. The Morgan fingerprint density at radius 3 is 2.49 bits per heavy atom. The molecule has 0 aliphatic heterocycles. The molecule has 2 aromatic heterocycles. The quantitative estimate of drug-likeness (QED) is 0.271. The zero-order chi connectivity index (χ0) is 27.0. The Balaban J connectivity index is 1.49. The molecule has 2 heterocycles. The maximum absolute atomic E-state index is 15.9. The summed E-state index contributed by atoms with van der Waals surface area (Å²) in [6.07, 6.45) is -0.811. The maximum Gasteiger partial charge on any atom is 0.433 e. The number of hydrogen-bond acceptors (Lipinski definition) is 7. The second-order valence-corrected chi connectivity index (χ2v) is 11.3. The molecule has 4 rings (SSSR count). The lowest BCUT2D eigenvalue weighted by atomic mass is 9.80. The van der Waals surface area contributed by atoms with Gasteiger partial charge in [0.2, 0.25) is 5.95 Å². The van der Waals surface area contributed by atoms with Crippen LogP contribution in [0.2, 0.25) is 0 Å². The molecule has 198 valence electrons. The van der Waals surface area contributed by atoms with Crippen LogP contribution in [0.5, 0.6) is 0 Å². The first-order valence-electron chi connectivity index (χ1n) is 11.9. The number of halogens is 4. The van der Waals surface area contributed by atoms with E-state index in [4.69, 9.17) is 4.74 Å². The average Bonchev–Trinajstić information content (AvgIpc) is 3.29. The number of carbonyl (C=O) groups is 1. The first kappa shape index (κ1) is 27.0. The number of thiazole rings is 1. The van der Waals surface area contributed by atoms with Gasteiger partial charge < -0.3 is 10.1 Å². The fourth-order valence-electron chi connectivity index (χ4n) is 4.23. The Labute approximate surface area is 216 Å². The highest BCUT2D eigenvalue weighted by molar-refractivity contribution is 7.15. The molecule has 0 radical (unpaired) electrons. The Kier molecular flexibility index (Phi) is 7.29. The van der Waals surface area contributed by atoms with E-state index in [0.29, 0.717) is 23.5 Å². The van der Waals surface area contributed by atoms with Crippen molar-refractivity contribution in [2.75, 3.05) is 5.32 Å². The summed E-state index contributed by atoms with van der Waals surface area (Å²) in [6.45, 7) is 7.27. The van der Waals surface area contributed by atoms with Crippen molar-refractivity contribution in [2.45, 2.75) is 70.8 Å². The van der Waals surface area contributed by atoms with Crippen molar-refractivity contribution in [1.82, 2.24) is 15.0 Å². The molecule has 1 aromatic carbocycles. The van der Waals surface area contributed by atoms with Crippen LogP contribution in [-0.2, 0) is 21.4 Å². The molecule has 1 fully saturated rings. The van der Waals surface area contributed by atoms with Crippen LogP contribution < -0.4 is 5.32 Å². The van der Waals surface area contributed by atoms with Crippen LogP contribution in [0.1, 0.15) is 62.7 Å². The standard InChI is InChI=1S/C26H28F4N4O2S/c1-15-11-17(13-18(12-15)33-23-31-10-7-20(34-23)26(28,29)30)19-14-32-22(37-19)25(27)8-5-16(6-9-25)21(35)36-24(2,3)4/h7,10-14,16H,5-6,8-9H2,1-4H3,(H,31,33,34). The third-order valence-electron chi connectivity index (χ3n) is 5.97. The number of ether oxygens (including phenoxy) is 1. The number of benzene rings is 1. The molecule has 0 unspecified atom stereocenters. The van der Waals surface area contributed by atoms with E-state index >= 15 is 4.39 Å². The van der Waals surface area contributed by atoms with E-state index in [2.05, 4.69) is 20.3 Å². The van der Waals surface area contributed by atoms with Gasteiger partial charge >= 0.3 is 12.1 Å². The molecule has 37 heavy (non-hydrogen) atoms. The molecule has 1 aliphatic carbocycles. The minimum atomic E-state index is -4.58. The Morgan fingerprint density at radius 2 is 1.84 bits per heavy atom. The monoisotopic (exact) mass is 536 g/mol. The van der Waals surface area contributed by atoms with Crippen molar-refractivity contribution in [1.29, 1.82) is 0 Å². The predicted octanol–water partition coefficient (Wildman–Crippen LogP) is 7.37. The number of esters is 1. The van der Waals surface area contributed by atoms with Gasteiger partial charge in [-0.25, -0.2) is 19.3 Å². The second kappa shape index (κ2) is 10.00. The van der Waals surface area contributed by atoms with Crippen LogP contribution in [0.25, 0.3) is 10.4 Å². The number of aromatic nitrogens is 3. The van der Waals surface area contributed by atoms with Crippen molar-refractivity contribution in [3.05, 3.63) is 52.9 Å². The zero-order valence-electron chi connectivity index (χ0n) is 20.9. The maximum atomic E-state index is 15.9. The number of anilines is 2. The Bertz CT molecular complexity index is 1280. The smallest absolute Gasteiger partial charge is 0.433 e. The van der Waals surface area contributed by atoms with E-state index in [0.717, 1.165) is 28.3 Å². The number of hydrogen-bond donors (Lipinski definition) is 1. The topological polar surface area (TPSA) is 77.0 Å². The van der Waals surface area contributed by atoms with Crippen LogP contribution >= 0.6 is 11.3 Å². The first-order valence-corrected chi connectivity index (χ1v) is 12.7. The van der Waals surface area contributed by atoms with Gasteiger partial charge in [0.15, 0.2) is 5.67 Å². The SMILES string of the molecule is Cc1cc(Nc2nccc(C(F)(F)F)n2)cc(-c2cnc(C3(F)CCC(C(=O)OC(C)(C)C)CC3)s2)c1. The molecule has 0 bridgehead atoms. The summed E-state index contributed by atoms with van der Waals surface area (Å²) >= 11 is 1.23. The molecule has 1 N–H and O–H groups in total. The second-order valence-electron chi connectivity index (χ2n) is 10.3. The Hall–Kier alpha value is -3.08. The van der Waals surface area contributed by atoms with E-state index < -0.39 is 23.1 Å². The highest BCUT2D eigenvalue weighted by Gasteiger charge is 2.42. The number of carbonyl (C=O) groups excluding carboxylic acids is 1. The van der Waals surface area contributed by atoms with Crippen LogP contribution in [0.3, 0.4) is 0 Å². The molecule has 6 nitrogen and oxygen atoms in total. The third kappa shape index (κ3) is 6.63. The molecule has 0 amide bonds. The van der Waals surface area contributed by atoms with Gasteiger partial charge in [-0.05, 0) is 82.7 Å². The lowest BCUT2D eigenvalue weighted by Crippen LogP contribution is -2.34. The fourth-order valence-corrected chi connectivity index (χ4v) is 5.27. The Morgan fingerprint density at radius 1 is 1.14 bits per heavy atom. The van der Waals surface area contributed by atoms with Gasteiger partial charge in [0.05, 0.1) is 10.8 Å². The van der Waals surface area contributed by atoms with E-state index in [9.17, 15) is 18.0 Å². The van der Waals surface area contributed by atoms with Gasteiger partial charge in [-0.2, -0.15) is 13.2 Å². The van der Waals surface area contributed by atoms with E-state index in [-0.39, 0.29) is 30.7 Å². The van der Waals surface area contributed by atoms with Gasteiger partial charge in [0, 0.05) is 18.1 Å². The lowest BCUT2D eigenvalue weighted by Gasteiger charge is -2.32. The fraction of sp³-hybridized carbons (Fsp3) is 0.462. The van der Waals surface area contributed by atoms with E-state index in [1.807, 2.05) is 33.8 Å². The van der Waals surface area contributed by atoms with Crippen molar-refractivity contribution in [3.63, 3.8) is 0 Å². The van der Waals surface area contributed by atoms with Crippen molar-refractivity contribution in [2.24, 2.45) is 5.92 Å². The van der Waals surface area contributed by atoms with Gasteiger partial charge in [0.1, 0.15) is 16.3 Å². The minimum Gasteiger partial charge on any atom is -0.460 e. The summed E-state index contributed by atoms with van der Waals surface area (Å²) in [5, 5.41) is 3.17. The molecular weight excluding hydrogens is 508 g/mol. The molecule has 3 aromatic rings. The minimum absolute atomic E-state index is 0.178. The summed E-state index contributed by atoms with van der Waals surface area (Å²) in [7, 11) is 0. The summed E-state index contributed by atoms with van der Waals surface area (Å²) in [4.78, 5) is 24.9. The van der Waals surface area contributed by atoms with E-state index in [1.165, 1.54) is 11.3 Å². The normalized spacial score (nSPS) is 20.5. The van der Waals surface area contributed by atoms with Gasteiger partial charge in [-0.1, -0.05) is 6.07 Å². The predicted molar refractivity (Wildman–Crippen MR) is 133 cm³/mol. The van der Waals surface area contributed by atoms with E-state index in [1.54, 1.807) is 18.3 Å². The average molecular weight is 537 g/mol. The lowest BCUT2D eigenvalue weighted by molar-refractivity contribution is -0.162. The van der Waals surface area contributed by atoms with Crippen LogP contribution in [0, 0.1) is 12.8 Å². The summed E-state index contributed by atoms with van der Waals surface area (Å²) < 4.78 is 60.3. The molecular formula is C26H28F4N4O2S. The number of alkyl halides is 4. The van der Waals surface area contributed by atoms with Crippen molar-refractivity contribution < 1.29 is 27.1 Å². The van der Waals surface area contributed by atoms with Gasteiger partial charge in [-0.3, -0.25) is 4.79 Å². The molecule has 1 saturated carbocycles. The van der Waals surface area contributed by atoms with Gasteiger partial charge in [-0.15, -0.1) is 11.3 Å². The summed E-state index contributed by atoms with van der Waals surface area (Å²) in [5.41, 5.74) is -1.17. The molecule has 11 heteroatoms. The number of nitrogens with zero attached hydrogens (tertiary/aromatic N) is 3. The van der Waals surface area contributed by atoms with Crippen LogP contribution in [-0.4, -0.2) is 26.5 Å².